The SMILES string of the molecule is Cc1ccc2c(N3CCCC(C)C3=O)cccc2c1Oc1ncccc1-c1ccnc(NC2CCCN(C(=O)O)C2)n1. The van der Waals surface area contributed by atoms with Gasteiger partial charge in [0.05, 0.1) is 16.9 Å². The summed E-state index contributed by atoms with van der Waals surface area (Å²) in [6.07, 6.45) is 5.94. The van der Waals surface area contributed by atoms with Crippen molar-refractivity contribution < 1.29 is 19.4 Å². The quantitative estimate of drug-likeness (QED) is 0.287. The Labute approximate surface area is 244 Å². The van der Waals surface area contributed by atoms with Crippen molar-refractivity contribution in [3.63, 3.8) is 0 Å². The lowest BCUT2D eigenvalue weighted by Crippen LogP contribution is -2.44. The smallest absolute Gasteiger partial charge is 0.407 e. The number of anilines is 2. The van der Waals surface area contributed by atoms with E-state index >= 15 is 0 Å². The summed E-state index contributed by atoms with van der Waals surface area (Å²) in [5, 5.41) is 14.5. The van der Waals surface area contributed by atoms with Crippen LogP contribution in [0.5, 0.6) is 11.6 Å². The van der Waals surface area contributed by atoms with E-state index in [1.54, 1.807) is 18.5 Å². The number of aryl methyl sites for hydroxylation is 1. The minimum Gasteiger partial charge on any atom is -0.465 e. The summed E-state index contributed by atoms with van der Waals surface area (Å²) in [6.45, 7) is 5.61. The molecular formula is C32H34N6O4. The van der Waals surface area contributed by atoms with Crippen molar-refractivity contribution in [2.45, 2.75) is 45.6 Å². The van der Waals surface area contributed by atoms with E-state index in [0.717, 1.165) is 47.7 Å². The molecule has 2 unspecified atom stereocenters. The molecule has 2 aliphatic rings. The van der Waals surface area contributed by atoms with E-state index in [1.807, 2.05) is 55.1 Å². The van der Waals surface area contributed by atoms with Gasteiger partial charge in [-0.25, -0.2) is 19.7 Å². The molecular weight excluding hydrogens is 532 g/mol. The molecule has 2 aromatic carbocycles. The highest BCUT2D eigenvalue weighted by molar-refractivity contribution is 6.06. The van der Waals surface area contributed by atoms with Gasteiger partial charge in [0.2, 0.25) is 17.7 Å². The van der Waals surface area contributed by atoms with Gasteiger partial charge in [0.25, 0.3) is 0 Å². The molecule has 2 saturated heterocycles. The largest absolute Gasteiger partial charge is 0.465 e. The number of amides is 2. The fourth-order valence-electron chi connectivity index (χ4n) is 5.88. The van der Waals surface area contributed by atoms with Gasteiger partial charge in [-0.15, -0.1) is 0 Å². The van der Waals surface area contributed by atoms with E-state index in [1.165, 1.54) is 4.90 Å². The van der Waals surface area contributed by atoms with E-state index in [2.05, 4.69) is 21.4 Å². The summed E-state index contributed by atoms with van der Waals surface area (Å²) in [4.78, 5) is 41.5. The maximum absolute atomic E-state index is 13.1. The Morgan fingerprint density at radius 3 is 2.71 bits per heavy atom. The van der Waals surface area contributed by atoms with Gasteiger partial charge < -0.3 is 25.0 Å². The Bertz CT molecular complexity index is 1640. The predicted molar refractivity (Wildman–Crippen MR) is 161 cm³/mol. The second kappa shape index (κ2) is 11.6. The van der Waals surface area contributed by atoms with Crippen molar-refractivity contribution in [3.05, 3.63) is 66.5 Å². The summed E-state index contributed by atoms with van der Waals surface area (Å²) in [6, 6.07) is 15.5. The highest BCUT2D eigenvalue weighted by Gasteiger charge is 2.28. The van der Waals surface area contributed by atoms with Crippen LogP contribution in [0, 0.1) is 12.8 Å². The Hall–Kier alpha value is -4.73. The number of nitrogens with zero attached hydrogens (tertiary/aromatic N) is 5. The zero-order chi connectivity index (χ0) is 29.2. The number of piperidine rings is 2. The Morgan fingerprint density at radius 1 is 1.00 bits per heavy atom. The van der Waals surface area contributed by atoms with Crippen molar-refractivity contribution >= 4 is 34.4 Å². The topological polar surface area (TPSA) is 121 Å². The number of hydrogen-bond donors (Lipinski definition) is 2. The second-order valence-corrected chi connectivity index (χ2v) is 11.1. The molecule has 2 atom stereocenters. The highest BCUT2D eigenvalue weighted by atomic mass is 16.5. The summed E-state index contributed by atoms with van der Waals surface area (Å²) < 4.78 is 6.56. The summed E-state index contributed by atoms with van der Waals surface area (Å²) in [5.74, 6) is 1.66. The first-order valence-electron chi connectivity index (χ1n) is 14.4. The van der Waals surface area contributed by atoms with Crippen LogP contribution in [-0.2, 0) is 4.79 Å². The van der Waals surface area contributed by atoms with Crippen LogP contribution in [0.3, 0.4) is 0 Å². The van der Waals surface area contributed by atoms with E-state index in [4.69, 9.17) is 9.72 Å². The molecule has 0 aliphatic carbocycles. The average Bonchev–Trinajstić information content (AvgIpc) is 3.00. The fourth-order valence-corrected chi connectivity index (χ4v) is 5.88. The second-order valence-electron chi connectivity index (χ2n) is 11.1. The zero-order valence-corrected chi connectivity index (χ0v) is 23.8. The Balaban J connectivity index is 1.31. The van der Waals surface area contributed by atoms with Crippen molar-refractivity contribution in [2.75, 3.05) is 29.9 Å². The first kappa shape index (κ1) is 27.4. The van der Waals surface area contributed by atoms with Crippen LogP contribution in [0.4, 0.5) is 16.4 Å². The maximum atomic E-state index is 13.1. The van der Waals surface area contributed by atoms with Crippen LogP contribution in [0.1, 0.15) is 38.2 Å². The third-order valence-electron chi connectivity index (χ3n) is 8.11. The molecule has 2 fully saturated rings. The van der Waals surface area contributed by atoms with Crippen LogP contribution in [0.2, 0.25) is 0 Å². The number of carbonyl (C=O) groups is 2. The number of nitrogens with one attached hydrogen (secondary N) is 1. The van der Waals surface area contributed by atoms with E-state index in [-0.39, 0.29) is 17.9 Å². The van der Waals surface area contributed by atoms with Gasteiger partial charge in [0.1, 0.15) is 5.75 Å². The third kappa shape index (κ3) is 5.44. The number of likely N-dealkylation sites (tertiary alicyclic amines) is 1. The number of carbonyl (C=O) groups excluding carboxylic acids is 1. The van der Waals surface area contributed by atoms with E-state index in [9.17, 15) is 14.7 Å². The lowest BCUT2D eigenvalue weighted by molar-refractivity contribution is -0.123. The fraction of sp³-hybridized carbons (Fsp3) is 0.344. The molecule has 0 saturated carbocycles. The zero-order valence-electron chi connectivity index (χ0n) is 23.8. The highest BCUT2D eigenvalue weighted by Crippen LogP contribution is 2.40. The molecule has 2 N–H and O–H groups in total. The average molecular weight is 567 g/mol. The van der Waals surface area contributed by atoms with Crippen LogP contribution >= 0.6 is 0 Å². The van der Waals surface area contributed by atoms with Gasteiger partial charge in [-0.1, -0.05) is 31.2 Å². The molecule has 0 radical (unpaired) electrons. The molecule has 6 rings (SSSR count). The number of carboxylic acid groups (broad SMARTS) is 1. The molecule has 10 heteroatoms. The van der Waals surface area contributed by atoms with Gasteiger partial charge >= 0.3 is 6.09 Å². The standard InChI is InChI=1S/C32H34N6O4/c1-20-12-13-23-24(9-3-11-27(23)38-18-5-7-21(2)30(38)39)28(20)42-29-25(10-4-15-33-29)26-14-16-34-31(36-26)35-22-8-6-17-37(19-22)32(40)41/h3-4,9-16,21-22H,5-8,17-19H2,1-2H3,(H,40,41)(H,34,35,36). The summed E-state index contributed by atoms with van der Waals surface area (Å²) in [5.41, 5.74) is 3.17. The minimum absolute atomic E-state index is 0.00714. The lowest BCUT2D eigenvalue weighted by atomic mass is 9.97. The third-order valence-corrected chi connectivity index (χ3v) is 8.11. The van der Waals surface area contributed by atoms with Crippen LogP contribution < -0.4 is 15.0 Å². The number of pyridine rings is 1. The van der Waals surface area contributed by atoms with Gasteiger partial charge in [-0.3, -0.25) is 4.79 Å². The summed E-state index contributed by atoms with van der Waals surface area (Å²) in [7, 11) is 0. The number of hydrogen-bond acceptors (Lipinski definition) is 7. The molecule has 2 aliphatic heterocycles. The first-order chi connectivity index (χ1) is 20.4. The number of fused-ring (bicyclic) bond motifs is 1. The molecule has 4 heterocycles. The number of aromatic nitrogens is 3. The van der Waals surface area contributed by atoms with Crippen molar-refractivity contribution in [3.8, 4) is 22.9 Å². The Morgan fingerprint density at radius 2 is 1.86 bits per heavy atom. The monoisotopic (exact) mass is 566 g/mol. The van der Waals surface area contributed by atoms with Crippen LogP contribution in [0.25, 0.3) is 22.0 Å². The normalized spacial score (nSPS) is 19.1. The van der Waals surface area contributed by atoms with Gasteiger partial charge in [0.15, 0.2) is 0 Å². The van der Waals surface area contributed by atoms with Crippen LogP contribution in [-0.4, -0.2) is 62.6 Å². The van der Waals surface area contributed by atoms with Gasteiger partial charge in [-0.05, 0) is 62.4 Å². The molecule has 2 aromatic heterocycles. The molecule has 2 amide bonds. The van der Waals surface area contributed by atoms with E-state index in [0.29, 0.717) is 48.5 Å². The van der Waals surface area contributed by atoms with Crippen molar-refractivity contribution in [1.82, 2.24) is 19.9 Å². The molecule has 0 spiro atoms. The Kier molecular flexibility index (Phi) is 7.60. The van der Waals surface area contributed by atoms with E-state index < -0.39 is 6.09 Å². The molecule has 0 bridgehead atoms. The van der Waals surface area contributed by atoms with Gasteiger partial charge in [0, 0.05) is 54.8 Å². The molecule has 216 valence electrons. The molecule has 10 nitrogen and oxygen atoms in total. The van der Waals surface area contributed by atoms with Crippen LogP contribution in [0.15, 0.2) is 60.9 Å². The number of ether oxygens (including phenoxy) is 1. The predicted octanol–water partition coefficient (Wildman–Crippen LogP) is 6.11. The maximum Gasteiger partial charge on any atom is 0.407 e. The first-order valence-corrected chi connectivity index (χ1v) is 14.4. The molecule has 4 aromatic rings. The van der Waals surface area contributed by atoms with Crippen molar-refractivity contribution in [2.24, 2.45) is 5.92 Å². The van der Waals surface area contributed by atoms with Crippen molar-refractivity contribution in [1.29, 1.82) is 0 Å². The van der Waals surface area contributed by atoms with Gasteiger partial charge in [-0.2, -0.15) is 0 Å². The summed E-state index contributed by atoms with van der Waals surface area (Å²) >= 11 is 0. The minimum atomic E-state index is -0.916. The number of rotatable bonds is 6. The molecule has 42 heavy (non-hydrogen) atoms. The number of benzene rings is 2. The lowest BCUT2D eigenvalue weighted by Gasteiger charge is -2.31.